The molecule has 0 heterocycles. The predicted octanol–water partition coefficient (Wildman–Crippen LogP) is 8.92. The maximum Gasteiger partial charge on any atom is -0.00249 e. The molecule has 33 heavy (non-hydrogen) atoms. The molecule has 0 unspecified atom stereocenters. The van der Waals surface area contributed by atoms with Crippen LogP contribution in [0.25, 0.3) is 43.8 Å². The van der Waals surface area contributed by atoms with Crippen LogP contribution in [0, 0.1) is 0 Å². The summed E-state index contributed by atoms with van der Waals surface area (Å²) in [5.41, 5.74) is 7.79. The molecule has 0 heteroatoms. The van der Waals surface area contributed by atoms with Gasteiger partial charge in [0.15, 0.2) is 0 Å². The fraction of sp³-hybridized carbons (Fsp3) is 0.0303. The summed E-state index contributed by atoms with van der Waals surface area (Å²) in [6, 6.07) is 48.3. The third kappa shape index (κ3) is 3.81. The fourth-order valence-corrected chi connectivity index (χ4v) is 4.90. The molecule has 0 radical (unpaired) electrons. The van der Waals surface area contributed by atoms with Gasteiger partial charge in [-0.15, -0.1) is 0 Å². The van der Waals surface area contributed by atoms with E-state index in [1.165, 1.54) is 54.9 Å². The van der Waals surface area contributed by atoms with Crippen molar-refractivity contribution in [2.24, 2.45) is 0 Å². The van der Waals surface area contributed by atoms with Gasteiger partial charge in [-0.1, -0.05) is 133 Å². The molecule has 0 spiro atoms. The molecule has 0 aliphatic rings. The van der Waals surface area contributed by atoms with Crippen molar-refractivity contribution >= 4 is 21.5 Å². The molecule has 0 nitrogen and oxygen atoms in total. The molecule has 0 bridgehead atoms. The molecule has 0 aliphatic carbocycles. The summed E-state index contributed by atoms with van der Waals surface area (Å²) in [6.45, 7) is 0. The number of hydrogen-bond acceptors (Lipinski definition) is 0. The minimum atomic E-state index is 0.898. The first-order valence-electron chi connectivity index (χ1n) is 11.5. The van der Waals surface area contributed by atoms with E-state index in [1.807, 2.05) is 0 Å². The Morgan fingerprint density at radius 1 is 0.364 bits per heavy atom. The molecule has 6 rings (SSSR count). The summed E-state index contributed by atoms with van der Waals surface area (Å²) >= 11 is 0. The van der Waals surface area contributed by atoms with Gasteiger partial charge < -0.3 is 0 Å². The number of fused-ring (bicyclic) bond motifs is 2. The molecule has 6 aromatic rings. The Labute approximate surface area is 194 Å². The van der Waals surface area contributed by atoms with Crippen LogP contribution in [0.3, 0.4) is 0 Å². The first-order chi connectivity index (χ1) is 16.3. The van der Waals surface area contributed by atoms with Gasteiger partial charge >= 0.3 is 0 Å². The van der Waals surface area contributed by atoms with E-state index in [1.54, 1.807) is 0 Å². The Morgan fingerprint density at radius 3 is 1.21 bits per heavy atom. The van der Waals surface area contributed by atoms with Crippen molar-refractivity contribution in [3.8, 4) is 22.3 Å². The molecule has 0 saturated carbocycles. The van der Waals surface area contributed by atoms with Crippen LogP contribution in [0.1, 0.15) is 11.1 Å². The van der Waals surface area contributed by atoms with E-state index in [9.17, 15) is 0 Å². The van der Waals surface area contributed by atoms with Crippen LogP contribution in [0.2, 0.25) is 0 Å². The average molecular weight is 421 g/mol. The SMILES string of the molecule is c1ccc(-c2cc(Cc3cc(-c4ccccc4)c4ccccc4c3)cc3ccccc23)cc1. The highest BCUT2D eigenvalue weighted by Gasteiger charge is 2.10. The largest absolute Gasteiger partial charge is 0.0622 e. The van der Waals surface area contributed by atoms with Gasteiger partial charge in [0.25, 0.3) is 0 Å². The molecule has 0 aromatic heterocycles. The van der Waals surface area contributed by atoms with E-state index >= 15 is 0 Å². The van der Waals surface area contributed by atoms with Crippen LogP contribution in [-0.2, 0) is 6.42 Å². The van der Waals surface area contributed by atoms with Crippen molar-refractivity contribution < 1.29 is 0 Å². The second-order valence-electron chi connectivity index (χ2n) is 8.64. The standard InChI is InChI=1S/C33H24/c1-3-11-26(12-4-1)32-22-24(20-28-15-7-9-17-30(28)32)19-25-21-29-16-8-10-18-31(29)33(23-25)27-13-5-2-6-14-27/h1-18,20-23H,19H2. The highest BCUT2D eigenvalue weighted by molar-refractivity contribution is 5.98. The van der Waals surface area contributed by atoms with E-state index in [0.717, 1.165) is 6.42 Å². The summed E-state index contributed by atoms with van der Waals surface area (Å²) in [5, 5.41) is 5.18. The van der Waals surface area contributed by atoms with Gasteiger partial charge in [0, 0.05) is 0 Å². The van der Waals surface area contributed by atoms with Crippen LogP contribution in [0.15, 0.2) is 133 Å². The molecular formula is C33H24. The predicted molar refractivity (Wildman–Crippen MR) is 142 cm³/mol. The Hall–Kier alpha value is -4.16. The first kappa shape index (κ1) is 19.5. The van der Waals surface area contributed by atoms with Crippen molar-refractivity contribution in [1.29, 1.82) is 0 Å². The van der Waals surface area contributed by atoms with Crippen LogP contribution >= 0.6 is 0 Å². The summed E-state index contributed by atoms with van der Waals surface area (Å²) < 4.78 is 0. The summed E-state index contributed by atoms with van der Waals surface area (Å²) in [4.78, 5) is 0. The van der Waals surface area contributed by atoms with E-state index in [-0.39, 0.29) is 0 Å². The van der Waals surface area contributed by atoms with Crippen molar-refractivity contribution in [3.05, 3.63) is 145 Å². The van der Waals surface area contributed by atoms with Gasteiger partial charge in [-0.2, -0.15) is 0 Å². The van der Waals surface area contributed by atoms with Gasteiger partial charge in [0.05, 0.1) is 0 Å². The molecule has 0 N–H and O–H groups in total. The molecule has 0 aliphatic heterocycles. The van der Waals surface area contributed by atoms with Crippen molar-refractivity contribution in [2.45, 2.75) is 6.42 Å². The first-order valence-corrected chi connectivity index (χ1v) is 11.5. The average Bonchev–Trinajstić information content (AvgIpc) is 2.89. The van der Waals surface area contributed by atoms with Gasteiger partial charge in [0.2, 0.25) is 0 Å². The van der Waals surface area contributed by atoms with Crippen molar-refractivity contribution in [2.75, 3.05) is 0 Å². The minimum Gasteiger partial charge on any atom is -0.0622 e. The third-order valence-electron chi connectivity index (χ3n) is 6.42. The molecule has 6 aromatic carbocycles. The maximum atomic E-state index is 2.37. The van der Waals surface area contributed by atoms with Gasteiger partial charge in [-0.25, -0.2) is 0 Å². The Morgan fingerprint density at radius 2 is 0.758 bits per heavy atom. The maximum absolute atomic E-state index is 2.37. The van der Waals surface area contributed by atoms with Crippen LogP contribution in [-0.4, -0.2) is 0 Å². The topological polar surface area (TPSA) is 0 Å². The Kier molecular flexibility index (Phi) is 4.97. The second kappa shape index (κ2) is 8.41. The van der Waals surface area contributed by atoms with Crippen molar-refractivity contribution in [3.63, 3.8) is 0 Å². The van der Waals surface area contributed by atoms with Gasteiger partial charge in [-0.3, -0.25) is 0 Å². The lowest BCUT2D eigenvalue weighted by Crippen LogP contribution is -1.93. The molecule has 156 valence electrons. The monoisotopic (exact) mass is 420 g/mol. The summed E-state index contributed by atoms with van der Waals surface area (Å²) in [5.74, 6) is 0. The molecule has 0 fully saturated rings. The van der Waals surface area contributed by atoms with Crippen LogP contribution in [0.5, 0.6) is 0 Å². The van der Waals surface area contributed by atoms with E-state index in [4.69, 9.17) is 0 Å². The molecular weight excluding hydrogens is 396 g/mol. The van der Waals surface area contributed by atoms with E-state index in [2.05, 4.69) is 133 Å². The lowest BCUT2D eigenvalue weighted by molar-refractivity contribution is 1.21. The van der Waals surface area contributed by atoms with Gasteiger partial charge in [-0.05, 0) is 61.3 Å². The number of rotatable bonds is 4. The van der Waals surface area contributed by atoms with E-state index in [0.29, 0.717) is 0 Å². The normalized spacial score (nSPS) is 11.2. The zero-order valence-corrected chi connectivity index (χ0v) is 18.4. The highest BCUT2D eigenvalue weighted by atomic mass is 14.1. The van der Waals surface area contributed by atoms with Crippen LogP contribution < -0.4 is 0 Å². The second-order valence-corrected chi connectivity index (χ2v) is 8.64. The van der Waals surface area contributed by atoms with Crippen LogP contribution in [0.4, 0.5) is 0 Å². The Balaban J connectivity index is 1.50. The molecule has 0 amide bonds. The number of hydrogen-bond donors (Lipinski definition) is 0. The fourth-order valence-electron chi connectivity index (χ4n) is 4.90. The Bertz CT molecular complexity index is 1440. The van der Waals surface area contributed by atoms with Gasteiger partial charge in [0.1, 0.15) is 0 Å². The molecule has 0 atom stereocenters. The zero-order valence-electron chi connectivity index (χ0n) is 18.4. The lowest BCUT2D eigenvalue weighted by Gasteiger charge is -2.14. The quantitative estimate of drug-likeness (QED) is 0.267. The minimum absolute atomic E-state index is 0.898. The van der Waals surface area contributed by atoms with E-state index < -0.39 is 0 Å². The zero-order chi connectivity index (χ0) is 22.0. The lowest BCUT2D eigenvalue weighted by atomic mass is 9.91. The molecule has 0 saturated heterocycles. The summed E-state index contributed by atoms with van der Waals surface area (Å²) in [6.07, 6.45) is 0.898. The highest BCUT2D eigenvalue weighted by Crippen LogP contribution is 2.34. The van der Waals surface area contributed by atoms with Crippen molar-refractivity contribution in [1.82, 2.24) is 0 Å². The third-order valence-corrected chi connectivity index (χ3v) is 6.42. The number of benzene rings is 6. The summed E-state index contributed by atoms with van der Waals surface area (Å²) in [7, 11) is 0. The smallest absolute Gasteiger partial charge is 0.00249 e.